The van der Waals surface area contributed by atoms with E-state index >= 15 is 0 Å². The highest BCUT2D eigenvalue weighted by Crippen LogP contribution is 2.23. The molecule has 0 saturated heterocycles. The van der Waals surface area contributed by atoms with E-state index in [1.165, 1.54) is 18.2 Å². The monoisotopic (exact) mass is 232 g/mol. The molecule has 0 fully saturated rings. The van der Waals surface area contributed by atoms with Crippen molar-refractivity contribution in [1.29, 1.82) is 0 Å². The Morgan fingerprint density at radius 3 is 2.82 bits per heavy atom. The molecule has 0 atom stereocenters. The Bertz CT molecular complexity index is 570. The quantitative estimate of drug-likeness (QED) is 0.827. The van der Waals surface area contributed by atoms with Crippen molar-refractivity contribution in [3.05, 3.63) is 54.1 Å². The van der Waals surface area contributed by atoms with Gasteiger partial charge < -0.3 is 9.52 Å². The van der Waals surface area contributed by atoms with Gasteiger partial charge in [0, 0.05) is 11.6 Å². The summed E-state index contributed by atoms with van der Waals surface area (Å²) in [7, 11) is 0. The van der Waals surface area contributed by atoms with Crippen molar-refractivity contribution in [2.45, 2.75) is 0 Å². The molecule has 1 aromatic heterocycles. The van der Waals surface area contributed by atoms with Crippen molar-refractivity contribution in [1.82, 2.24) is 0 Å². The zero-order valence-corrected chi connectivity index (χ0v) is 8.76. The van der Waals surface area contributed by atoms with Crippen LogP contribution in [0.5, 0.6) is 0 Å². The minimum absolute atomic E-state index is 0.346. The van der Waals surface area contributed by atoms with Crippen LogP contribution in [0.4, 0.5) is 4.39 Å². The summed E-state index contributed by atoms with van der Waals surface area (Å²) in [6, 6.07) is 9.28. The molecule has 17 heavy (non-hydrogen) atoms. The number of hydrogen-bond acceptors (Lipinski definition) is 2. The Hall–Kier alpha value is -2.36. The first-order valence-electron chi connectivity index (χ1n) is 4.92. The third-order valence-corrected chi connectivity index (χ3v) is 2.13. The molecule has 0 radical (unpaired) electrons. The van der Waals surface area contributed by atoms with Gasteiger partial charge in [-0.3, -0.25) is 0 Å². The zero-order chi connectivity index (χ0) is 12.3. The Balaban J connectivity index is 2.27. The number of carbonyl (C=O) groups is 1. The van der Waals surface area contributed by atoms with Gasteiger partial charge in [-0.2, -0.15) is 0 Å². The molecule has 0 aliphatic carbocycles. The van der Waals surface area contributed by atoms with Crippen molar-refractivity contribution in [2.75, 3.05) is 0 Å². The van der Waals surface area contributed by atoms with Crippen molar-refractivity contribution in [2.24, 2.45) is 0 Å². The van der Waals surface area contributed by atoms with Crippen LogP contribution in [0.15, 0.2) is 46.9 Å². The third kappa shape index (κ3) is 2.81. The molecule has 0 saturated carbocycles. The average molecular weight is 232 g/mol. The minimum Gasteiger partial charge on any atom is -0.478 e. The molecule has 86 valence electrons. The summed E-state index contributed by atoms with van der Waals surface area (Å²) in [5, 5.41) is 8.46. The van der Waals surface area contributed by atoms with Crippen LogP contribution < -0.4 is 0 Å². The van der Waals surface area contributed by atoms with Gasteiger partial charge in [0.15, 0.2) is 0 Å². The lowest BCUT2D eigenvalue weighted by molar-refractivity contribution is -0.131. The largest absolute Gasteiger partial charge is 0.478 e. The molecule has 4 heteroatoms. The molecule has 1 N–H and O–H groups in total. The Morgan fingerprint density at radius 1 is 1.29 bits per heavy atom. The van der Waals surface area contributed by atoms with Crippen molar-refractivity contribution in [3.63, 3.8) is 0 Å². The van der Waals surface area contributed by atoms with Gasteiger partial charge in [0.25, 0.3) is 0 Å². The summed E-state index contributed by atoms with van der Waals surface area (Å²) < 4.78 is 18.3. The first-order chi connectivity index (χ1) is 8.15. The van der Waals surface area contributed by atoms with E-state index in [9.17, 15) is 9.18 Å². The topological polar surface area (TPSA) is 50.4 Å². The second-order valence-electron chi connectivity index (χ2n) is 3.38. The standard InChI is InChI=1S/C13H9FO3/c14-10-3-1-2-9(8-10)12-6-4-11(17-12)5-7-13(15)16/h1-8H,(H,15,16)/b7-5+. The van der Waals surface area contributed by atoms with Crippen LogP contribution >= 0.6 is 0 Å². The maximum atomic E-state index is 13.0. The summed E-state index contributed by atoms with van der Waals surface area (Å²) in [6.45, 7) is 0. The van der Waals surface area contributed by atoms with Crippen molar-refractivity contribution in [3.8, 4) is 11.3 Å². The molecule has 0 aliphatic heterocycles. The predicted molar refractivity (Wildman–Crippen MR) is 60.8 cm³/mol. The maximum Gasteiger partial charge on any atom is 0.328 e. The Labute approximate surface area is 96.8 Å². The molecule has 2 aromatic rings. The fraction of sp³-hybridized carbons (Fsp3) is 0. The molecule has 1 heterocycles. The highest BCUT2D eigenvalue weighted by atomic mass is 19.1. The smallest absolute Gasteiger partial charge is 0.328 e. The maximum absolute atomic E-state index is 13.0. The van der Waals surface area contributed by atoms with Crippen LogP contribution in [0.1, 0.15) is 5.76 Å². The van der Waals surface area contributed by atoms with E-state index in [1.54, 1.807) is 24.3 Å². The van der Waals surface area contributed by atoms with E-state index in [2.05, 4.69) is 0 Å². The van der Waals surface area contributed by atoms with Gasteiger partial charge in [-0.25, -0.2) is 9.18 Å². The Morgan fingerprint density at radius 2 is 2.12 bits per heavy atom. The molecule has 0 bridgehead atoms. The highest BCUT2D eigenvalue weighted by Gasteiger charge is 2.04. The molecular formula is C13H9FO3. The fourth-order valence-electron chi connectivity index (χ4n) is 1.39. The summed E-state index contributed by atoms with van der Waals surface area (Å²) >= 11 is 0. The number of benzene rings is 1. The number of carboxylic acids is 1. The van der Waals surface area contributed by atoms with Crippen LogP contribution in [0.25, 0.3) is 17.4 Å². The summed E-state index contributed by atoms with van der Waals surface area (Å²) in [4.78, 5) is 10.3. The van der Waals surface area contributed by atoms with E-state index in [0.717, 1.165) is 6.08 Å². The van der Waals surface area contributed by atoms with Gasteiger partial charge in [-0.15, -0.1) is 0 Å². The average Bonchev–Trinajstić information content (AvgIpc) is 2.75. The lowest BCUT2D eigenvalue weighted by atomic mass is 10.2. The molecule has 0 unspecified atom stereocenters. The van der Waals surface area contributed by atoms with Crippen LogP contribution in [0, 0.1) is 5.82 Å². The zero-order valence-electron chi connectivity index (χ0n) is 8.76. The van der Waals surface area contributed by atoms with E-state index in [0.29, 0.717) is 17.1 Å². The molecule has 3 nitrogen and oxygen atoms in total. The molecule has 1 aromatic carbocycles. The predicted octanol–water partition coefficient (Wildman–Crippen LogP) is 3.18. The normalized spacial score (nSPS) is 10.9. The molecule has 2 rings (SSSR count). The van der Waals surface area contributed by atoms with Crippen LogP contribution in [-0.2, 0) is 4.79 Å². The molecular weight excluding hydrogens is 223 g/mol. The van der Waals surface area contributed by atoms with Gasteiger partial charge in [0.05, 0.1) is 0 Å². The molecule has 0 spiro atoms. The van der Waals surface area contributed by atoms with Crippen LogP contribution in [0.3, 0.4) is 0 Å². The van der Waals surface area contributed by atoms with E-state index < -0.39 is 5.97 Å². The number of carboxylic acid groups (broad SMARTS) is 1. The summed E-state index contributed by atoms with van der Waals surface area (Å²) in [5.74, 6) is -0.489. The minimum atomic E-state index is -1.05. The lowest BCUT2D eigenvalue weighted by Crippen LogP contribution is -1.84. The van der Waals surface area contributed by atoms with E-state index in [-0.39, 0.29) is 5.82 Å². The highest BCUT2D eigenvalue weighted by molar-refractivity contribution is 5.84. The van der Waals surface area contributed by atoms with Crippen molar-refractivity contribution >= 4 is 12.0 Å². The second-order valence-corrected chi connectivity index (χ2v) is 3.38. The first-order valence-corrected chi connectivity index (χ1v) is 4.92. The fourth-order valence-corrected chi connectivity index (χ4v) is 1.39. The SMILES string of the molecule is O=C(O)/C=C/c1ccc(-c2cccc(F)c2)o1. The Kier molecular flexibility index (Phi) is 3.05. The van der Waals surface area contributed by atoms with Gasteiger partial charge in [-0.1, -0.05) is 12.1 Å². The van der Waals surface area contributed by atoms with E-state index in [4.69, 9.17) is 9.52 Å². The van der Waals surface area contributed by atoms with Gasteiger partial charge in [-0.05, 0) is 30.3 Å². The number of furan rings is 1. The number of aliphatic carboxylic acids is 1. The molecule has 0 amide bonds. The van der Waals surface area contributed by atoms with Gasteiger partial charge >= 0.3 is 5.97 Å². The van der Waals surface area contributed by atoms with Crippen LogP contribution in [0.2, 0.25) is 0 Å². The lowest BCUT2D eigenvalue weighted by Gasteiger charge is -1.96. The molecule has 0 aliphatic rings. The second kappa shape index (κ2) is 4.65. The third-order valence-electron chi connectivity index (χ3n) is 2.13. The van der Waals surface area contributed by atoms with Gasteiger partial charge in [0.1, 0.15) is 17.3 Å². The van der Waals surface area contributed by atoms with Gasteiger partial charge in [0.2, 0.25) is 0 Å². The van der Waals surface area contributed by atoms with Crippen LogP contribution in [-0.4, -0.2) is 11.1 Å². The number of rotatable bonds is 3. The number of halogens is 1. The number of hydrogen-bond donors (Lipinski definition) is 1. The van der Waals surface area contributed by atoms with E-state index in [1.807, 2.05) is 0 Å². The summed E-state index contributed by atoms with van der Waals surface area (Å²) in [5.41, 5.74) is 0.611. The summed E-state index contributed by atoms with van der Waals surface area (Å²) in [6.07, 6.45) is 2.32. The first kappa shape index (κ1) is 11.1. The van der Waals surface area contributed by atoms with Crippen molar-refractivity contribution < 1.29 is 18.7 Å².